The summed E-state index contributed by atoms with van der Waals surface area (Å²) in [6, 6.07) is 8.79. The molecule has 3 rings (SSSR count). The Labute approximate surface area is 151 Å². The Balaban J connectivity index is 2.09. The lowest BCUT2D eigenvalue weighted by Gasteiger charge is -2.15. The van der Waals surface area contributed by atoms with Gasteiger partial charge in [-0.05, 0) is 44.9 Å². The number of rotatable bonds is 3. The Kier molecular flexibility index (Phi) is 4.42. The number of benzene rings is 2. The minimum atomic E-state index is -0.534. The average Bonchev–Trinajstić information content (AvgIpc) is 2.86. The van der Waals surface area contributed by atoms with Crippen LogP contribution in [0.5, 0.6) is 11.5 Å². The number of nitrogens with zero attached hydrogens (tertiary/aromatic N) is 1. The third-order valence-electron chi connectivity index (χ3n) is 4.40. The second kappa shape index (κ2) is 6.55. The molecular formula is C20H20N2O4. The van der Waals surface area contributed by atoms with Crippen LogP contribution in [-0.2, 0) is 0 Å². The fourth-order valence-corrected chi connectivity index (χ4v) is 2.85. The largest absolute Gasteiger partial charge is 0.507 e. The number of phenolic OH excluding ortho intramolecular Hbond substituents is 2. The Hall–Kier alpha value is -3.28. The van der Waals surface area contributed by atoms with Crippen molar-refractivity contribution in [2.24, 2.45) is 0 Å². The van der Waals surface area contributed by atoms with E-state index in [0.29, 0.717) is 22.4 Å². The van der Waals surface area contributed by atoms with E-state index in [1.165, 1.54) is 6.07 Å². The molecule has 6 heteroatoms. The van der Waals surface area contributed by atoms with Crippen molar-refractivity contribution >= 4 is 11.8 Å². The van der Waals surface area contributed by atoms with E-state index in [2.05, 4.69) is 10.5 Å². The van der Waals surface area contributed by atoms with Gasteiger partial charge in [0.15, 0.2) is 0 Å². The highest BCUT2D eigenvalue weighted by Gasteiger charge is 2.23. The Morgan fingerprint density at radius 3 is 2.46 bits per heavy atom. The zero-order chi connectivity index (χ0) is 19.0. The molecule has 0 unspecified atom stereocenters. The van der Waals surface area contributed by atoms with Crippen molar-refractivity contribution in [3.8, 4) is 22.6 Å². The normalized spacial score (nSPS) is 10.8. The predicted octanol–water partition coefficient (Wildman–Crippen LogP) is 4.24. The van der Waals surface area contributed by atoms with Crippen LogP contribution in [0.15, 0.2) is 34.9 Å². The van der Waals surface area contributed by atoms with Crippen LogP contribution in [-0.4, -0.2) is 21.3 Å². The summed E-state index contributed by atoms with van der Waals surface area (Å²) in [6.45, 7) is 7.11. The van der Waals surface area contributed by atoms with Gasteiger partial charge >= 0.3 is 0 Å². The third-order valence-corrected chi connectivity index (χ3v) is 4.40. The summed E-state index contributed by atoms with van der Waals surface area (Å²) >= 11 is 0. The standard InChI is InChI=1S/C20H20N2O4/c1-10-6-5-7-14(8-10)17-15(23)9-11(2)16(18(17)24)19(25)21-20-12(3)13(4)22-26-20/h5-9,23-24H,1-4H3,(H,21,25). The van der Waals surface area contributed by atoms with Gasteiger partial charge in [-0.3, -0.25) is 10.1 Å². The predicted molar refractivity (Wildman–Crippen MR) is 98.6 cm³/mol. The van der Waals surface area contributed by atoms with Crippen molar-refractivity contribution in [3.05, 3.63) is 58.3 Å². The third kappa shape index (κ3) is 3.01. The molecular weight excluding hydrogens is 332 g/mol. The highest BCUT2D eigenvalue weighted by atomic mass is 16.5. The van der Waals surface area contributed by atoms with Crippen LogP contribution in [0.1, 0.15) is 32.7 Å². The molecule has 0 saturated carbocycles. The van der Waals surface area contributed by atoms with E-state index in [0.717, 1.165) is 5.56 Å². The molecule has 26 heavy (non-hydrogen) atoms. The fraction of sp³-hybridized carbons (Fsp3) is 0.200. The highest BCUT2D eigenvalue weighted by molar-refractivity contribution is 6.08. The average molecular weight is 352 g/mol. The lowest BCUT2D eigenvalue weighted by Crippen LogP contribution is -2.14. The molecule has 0 radical (unpaired) electrons. The van der Waals surface area contributed by atoms with E-state index >= 15 is 0 Å². The Morgan fingerprint density at radius 1 is 1.12 bits per heavy atom. The van der Waals surface area contributed by atoms with Crippen LogP contribution in [0.4, 0.5) is 5.88 Å². The Bertz CT molecular complexity index is 1010. The van der Waals surface area contributed by atoms with Crippen molar-refractivity contribution in [3.63, 3.8) is 0 Å². The van der Waals surface area contributed by atoms with Crippen LogP contribution >= 0.6 is 0 Å². The summed E-state index contributed by atoms with van der Waals surface area (Å²) in [5.74, 6) is -0.669. The molecule has 134 valence electrons. The first-order valence-electron chi connectivity index (χ1n) is 8.16. The van der Waals surface area contributed by atoms with Crippen LogP contribution in [0.2, 0.25) is 0 Å². The number of nitrogens with one attached hydrogen (secondary N) is 1. The minimum Gasteiger partial charge on any atom is -0.507 e. The summed E-state index contributed by atoms with van der Waals surface area (Å²) in [5.41, 5.74) is 3.73. The van der Waals surface area contributed by atoms with Gasteiger partial charge in [-0.25, -0.2) is 0 Å². The molecule has 1 amide bonds. The first kappa shape index (κ1) is 17.5. The number of aromatic hydroxyl groups is 2. The van der Waals surface area contributed by atoms with Gasteiger partial charge in [0.05, 0.1) is 16.8 Å². The van der Waals surface area contributed by atoms with Gasteiger partial charge in [-0.1, -0.05) is 35.0 Å². The second-order valence-electron chi connectivity index (χ2n) is 6.36. The number of carbonyl (C=O) groups excluding carboxylic acids is 1. The number of phenols is 2. The van der Waals surface area contributed by atoms with E-state index in [1.807, 2.05) is 25.1 Å². The number of hydrogen-bond acceptors (Lipinski definition) is 5. The molecule has 0 aliphatic carbocycles. The fourth-order valence-electron chi connectivity index (χ4n) is 2.85. The van der Waals surface area contributed by atoms with Crippen molar-refractivity contribution in [2.45, 2.75) is 27.7 Å². The second-order valence-corrected chi connectivity index (χ2v) is 6.36. The maximum atomic E-state index is 12.7. The molecule has 3 aromatic rings. The van der Waals surface area contributed by atoms with E-state index in [4.69, 9.17) is 4.52 Å². The van der Waals surface area contributed by atoms with Gasteiger partial charge < -0.3 is 14.7 Å². The number of carbonyl (C=O) groups is 1. The zero-order valence-electron chi connectivity index (χ0n) is 15.0. The van der Waals surface area contributed by atoms with E-state index in [9.17, 15) is 15.0 Å². The number of amides is 1. The topological polar surface area (TPSA) is 95.6 Å². The van der Waals surface area contributed by atoms with Crippen molar-refractivity contribution < 1.29 is 19.5 Å². The molecule has 0 atom stereocenters. The van der Waals surface area contributed by atoms with Crippen molar-refractivity contribution in [2.75, 3.05) is 5.32 Å². The van der Waals surface area contributed by atoms with Crippen LogP contribution in [0.3, 0.4) is 0 Å². The van der Waals surface area contributed by atoms with E-state index in [1.54, 1.807) is 26.8 Å². The van der Waals surface area contributed by atoms with Gasteiger partial charge in [-0.15, -0.1) is 0 Å². The maximum absolute atomic E-state index is 12.7. The lowest BCUT2D eigenvalue weighted by atomic mass is 9.95. The molecule has 0 bridgehead atoms. The van der Waals surface area contributed by atoms with Crippen LogP contribution in [0, 0.1) is 27.7 Å². The first-order chi connectivity index (χ1) is 12.3. The van der Waals surface area contributed by atoms with Crippen molar-refractivity contribution in [1.29, 1.82) is 0 Å². The minimum absolute atomic E-state index is 0.0766. The molecule has 1 heterocycles. The van der Waals surface area contributed by atoms with Gasteiger partial charge in [0.25, 0.3) is 5.91 Å². The highest BCUT2D eigenvalue weighted by Crippen LogP contribution is 2.41. The number of aryl methyl sites for hydroxylation is 3. The van der Waals surface area contributed by atoms with Gasteiger partial charge in [0.1, 0.15) is 11.5 Å². The molecule has 0 spiro atoms. The molecule has 0 saturated heterocycles. The quantitative estimate of drug-likeness (QED) is 0.655. The van der Waals surface area contributed by atoms with E-state index < -0.39 is 5.91 Å². The van der Waals surface area contributed by atoms with Gasteiger partial charge in [0, 0.05) is 5.56 Å². The zero-order valence-corrected chi connectivity index (χ0v) is 15.0. The summed E-state index contributed by atoms with van der Waals surface area (Å²) in [7, 11) is 0. The maximum Gasteiger partial charge on any atom is 0.262 e. The van der Waals surface area contributed by atoms with Gasteiger partial charge in [-0.2, -0.15) is 0 Å². The summed E-state index contributed by atoms with van der Waals surface area (Å²) in [5, 5.41) is 27.5. The molecule has 1 aromatic heterocycles. The van der Waals surface area contributed by atoms with Gasteiger partial charge in [0.2, 0.25) is 5.88 Å². The monoisotopic (exact) mass is 352 g/mol. The SMILES string of the molecule is Cc1cccc(-c2c(O)cc(C)c(C(=O)Nc3onc(C)c3C)c2O)c1. The first-order valence-corrected chi connectivity index (χ1v) is 8.16. The number of anilines is 1. The summed E-state index contributed by atoms with van der Waals surface area (Å²) in [4.78, 5) is 12.7. The molecule has 6 nitrogen and oxygen atoms in total. The van der Waals surface area contributed by atoms with Crippen molar-refractivity contribution in [1.82, 2.24) is 5.16 Å². The summed E-state index contributed by atoms with van der Waals surface area (Å²) < 4.78 is 5.11. The van der Waals surface area contributed by atoms with Crippen LogP contribution in [0.25, 0.3) is 11.1 Å². The molecule has 3 N–H and O–H groups in total. The molecule has 0 fully saturated rings. The van der Waals surface area contributed by atoms with Crippen LogP contribution < -0.4 is 5.32 Å². The molecule has 0 aliphatic rings. The molecule has 0 aliphatic heterocycles. The number of aromatic nitrogens is 1. The van der Waals surface area contributed by atoms with E-state index in [-0.39, 0.29) is 28.5 Å². The lowest BCUT2D eigenvalue weighted by molar-refractivity contribution is 0.102. The summed E-state index contributed by atoms with van der Waals surface area (Å²) in [6.07, 6.45) is 0. The number of hydrogen-bond donors (Lipinski definition) is 3. The Morgan fingerprint density at radius 2 is 1.85 bits per heavy atom. The smallest absolute Gasteiger partial charge is 0.262 e. The molecule has 2 aromatic carbocycles.